The Bertz CT molecular complexity index is 891. The Kier molecular flexibility index (Phi) is 5.38. The normalized spacial score (nSPS) is 13.9. The summed E-state index contributed by atoms with van der Waals surface area (Å²) in [5.74, 6) is 0.932. The summed E-state index contributed by atoms with van der Waals surface area (Å²) in [6.07, 6.45) is 1.70. The van der Waals surface area contributed by atoms with Gasteiger partial charge in [-0.15, -0.1) is 0 Å². The topological polar surface area (TPSA) is 60.5 Å². The molecule has 2 amide bonds. The van der Waals surface area contributed by atoms with Crippen LogP contribution in [0.2, 0.25) is 0 Å². The summed E-state index contributed by atoms with van der Waals surface area (Å²) >= 11 is 0. The predicted molar refractivity (Wildman–Crippen MR) is 114 cm³/mol. The molecule has 6 nitrogen and oxygen atoms in total. The minimum Gasteiger partial charge on any atom is -0.368 e. The fourth-order valence-corrected chi connectivity index (χ4v) is 3.29. The van der Waals surface area contributed by atoms with Gasteiger partial charge < -0.3 is 20.4 Å². The van der Waals surface area contributed by atoms with Crippen molar-refractivity contribution in [1.82, 2.24) is 4.98 Å². The zero-order chi connectivity index (χ0) is 19.2. The van der Waals surface area contributed by atoms with Gasteiger partial charge in [0, 0.05) is 37.6 Å². The first-order valence-corrected chi connectivity index (χ1v) is 9.42. The highest BCUT2D eigenvalue weighted by Gasteiger charge is 2.18. The van der Waals surface area contributed by atoms with Gasteiger partial charge in [0.2, 0.25) is 0 Å². The van der Waals surface area contributed by atoms with Crippen molar-refractivity contribution in [2.45, 2.75) is 0 Å². The lowest BCUT2D eigenvalue weighted by Crippen LogP contribution is -2.46. The minimum absolute atomic E-state index is 0.280. The SMILES string of the molecule is O=C(Nc1ccccc1)Nc1ccc(N2CCN(c3ccccc3)CC2)nc1. The Morgan fingerprint density at radius 1 is 0.714 bits per heavy atom. The number of nitrogens with zero attached hydrogens (tertiary/aromatic N) is 3. The summed E-state index contributed by atoms with van der Waals surface area (Å²) in [5.41, 5.74) is 2.68. The number of carbonyl (C=O) groups excluding carboxylic acids is 1. The highest BCUT2D eigenvalue weighted by molar-refractivity contribution is 5.99. The number of benzene rings is 2. The molecule has 142 valence electrons. The van der Waals surface area contributed by atoms with Gasteiger partial charge in [0.05, 0.1) is 11.9 Å². The largest absolute Gasteiger partial charge is 0.368 e. The lowest BCUT2D eigenvalue weighted by atomic mass is 10.2. The number of aromatic nitrogens is 1. The lowest BCUT2D eigenvalue weighted by Gasteiger charge is -2.36. The first kappa shape index (κ1) is 17.9. The Labute approximate surface area is 164 Å². The van der Waals surface area contributed by atoms with E-state index in [0.29, 0.717) is 5.69 Å². The molecule has 6 heteroatoms. The van der Waals surface area contributed by atoms with Crippen LogP contribution in [0.15, 0.2) is 79.0 Å². The van der Waals surface area contributed by atoms with Gasteiger partial charge in [0.15, 0.2) is 0 Å². The molecule has 1 saturated heterocycles. The lowest BCUT2D eigenvalue weighted by molar-refractivity contribution is 0.262. The molecular weight excluding hydrogens is 350 g/mol. The van der Waals surface area contributed by atoms with E-state index < -0.39 is 0 Å². The molecule has 28 heavy (non-hydrogen) atoms. The monoisotopic (exact) mass is 373 g/mol. The number of amides is 2. The van der Waals surface area contributed by atoms with Crippen LogP contribution in [-0.4, -0.2) is 37.2 Å². The fourth-order valence-electron chi connectivity index (χ4n) is 3.29. The molecule has 2 aromatic carbocycles. The van der Waals surface area contributed by atoms with Gasteiger partial charge >= 0.3 is 6.03 Å². The van der Waals surface area contributed by atoms with E-state index in [1.165, 1.54) is 5.69 Å². The van der Waals surface area contributed by atoms with Gasteiger partial charge in [-0.05, 0) is 36.4 Å². The minimum atomic E-state index is -0.280. The van der Waals surface area contributed by atoms with Gasteiger partial charge in [0.1, 0.15) is 5.82 Å². The molecule has 0 radical (unpaired) electrons. The van der Waals surface area contributed by atoms with Crippen LogP contribution in [-0.2, 0) is 0 Å². The third-order valence-electron chi connectivity index (χ3n) is 4.76. The molecule has 3 aromatic rings. The van der Waals surface area contributed by atoms with Crippen molar-refractivity contribution < 1.29 is 4.79 Å². The molecule has 2 heterocycles. The number of hydrogen-bond donors (Lipinski definition) is 2. The third-order valence-corrected chi connectivity index (χ3v) is 4.76. The Balaban J connectivity index is 1.31. The van der Waals surface area contributed by atoms with E-state index in [1.54, 1.807) is 6.20 Å². The van der Waals surface area contributed by atoms with Crippen molar-refractivity contribution in [3.8, 4) is 0 Å². The maximum Gasteiger partial charge on any atom is 0.323 e. The van der Waals surface area contributed by atoms with E-state index in [9.17, 15) is 4.79 Å². The number of rotatable bonds is 4. The highest BCUT2D eigenvalue weighted by Crippen LogP contribution is 2.20. The van der Waals surface area contributed by atoms with Crippen LogP contribution >= 0.6 is 0 Å². The van der Waals surface area contributed by atoms with E-state index in [2.05, 4.69) is 49.7 Å². The molecule has 0 aliphatic carbocycles. The molecule has 0 bridgehead atoms. The number of anilines is 4. The third kappa shape index (κ3) is 4.40. The molecule has 4 rings (SSSR count). The number of urea groups is 1. The van der Waals surface area contributed by atoms with Crippen molar-refractivity contribution in [1.29, 1.82) is 0 Å². The molecule has 0 spiro atoms. The standard InChI is InChI=1S/C22H23N5O/c28-22(24-18-7-3-1-4-8-18)25-19-11-12-21(23-17-19)27-15-13-26(14-16-27)20-9-5-2-6-10-20/h1-12,17H,13-16H2,(H2,24,25,28). The average Bonchev–Trinajstić information content (AvgIpc) is 2.76. The zero-order valence-corrected chi connectivity index (χ0v) is 15.6. The number of pyridine rings is 1. The first-order valence-electron chi connectivity index (χ1n) is 9.42. The molecule has 1 aromatic heterocycles. The molecule has 1 aliphatic heterocycles. The number of nitrogens with one attached hydrogen (secondary N) is 2. The molecule has 1 fully saturated rings. The molecule has 0 atom stereocenters. The number of hydrogen-bond acceptors (Lipinski definition) is 4. The van der Waals surface area contributed by atoms with E-state index in [1.807, 2.05) is 48.5 Å². The van der Waals surface area contributed by atoms with E-state index >= 15 is 0 Å². The average molecular weight is 373 g/mol. The second kappa shape index (κ2) is 8.43. The van der Waals surface area contributed by atoms with Crippen molar-refractivity contribution in [2.75, 3.05) is 46.6 Å². The Morgan fingerprint density at radius 2 is 1.32 bits per heavy atom. The van der Waals surface area contributed by atoms with Crippen LogP contribution in [0.4, 0.5) is 27.7 Å². The molecule has 0 saturated carbocycles. The van der Waals surface area contributed by atoms with Crippen molar-refractivity contribution in [3.05, 3.63) is 79.0 Å². The summed E-state index contributed by atoms with van der Waals surface area (Å²) in [6.45, 7) is 3.77. The molecule has 1 aliphatic rings. The molecule has 2 N–H and O–H groups in total. The molecule has 0 unspecified atom stereocenters. The maximum atomic E-state index is 12.1. The fraction of sp³-hybridized carbons (Fsp3) is 0.182. The second-order valence-electron chi connectivity index (χ2n) is 6.66. The van der Waals surface area contributed by atoms with Crippen molar-refractivity contribution >= 4 is 28.9 Å². The Hall–Kier alpha value is -3.54. The highest BCUT2D eigenvalue weighted by atomic mass is 16.2. The van der Waals surface area contributed by atoms with Crippen LogP contribution in [0.25, 0.3) is 0 Å². The van der Waals surface area contributed by atoms with Crippen molar-refractivity contribution in [2.24, 2.45) is 0 Å². The quantitative estimate of drug-likeness (QED) is 0.724. The van der Waals surface area contributed by atoms with Crippen LogP contribution < -0.4 is 20.4 Å². The number of carbonyl (C=O) groups is 1. The summed E-state index contributed by atoms with van der Waals surface area (Å²) in [6, 6.07) is 23.4. The maximum absolute atomic E-state index is 12.1. The van der Waals surface area contributed by atoms with E-state index in [4.69, 9.17) is 0 Å². The summed E-state index contributed by atoms with van der Waals surface area (Å²) in [5, 5.41) is 5.60. The predicted octanol–water partition coefficient (Wildman–Crippen LogP) is 4.05. The van der Waals surface area contributed by atoms with Gasteiger partial charge in [-0.25, -0.2) is 9.78 Å². The summed E-state index contributed by atoms with van der Waals surface area (Å²) in [7, 11) is 0. The van der Waals surface area contributed by atoms with Crippen LogP contribution in [0, 0.1) is 0 Å². The summed E-state index contributed by atoms with van der Waals surface area (Å²) < 4.78 is 0. The van der Waals surface area contributed by atoms with Crippen LogP contribution in [0.5, 0.6) is 0 Å². The number of piperazine rings is 1. The smallest absolute Gasteiger partial charge is 0.323 e. The van der Waals surface area contributed by atoms with Gasteiger partial charge in [0.25, 0.3) is 0 Å². The van der Waals surface area contributed by atoms with Gasteiger partial charge in [-0.3, -0.25) is 0 Å². The van der Waals surface area contributed by atoms with Crippen LogP contribution in [0.3, 0.4) is 0 Å². The van der Waals surface area contributed by atoms with Gasteiger partial charge in [-0.1, -0.05) is 36.4 Å². The van der Waals surface area contributed by atoms with E-state index in [-0.39, 0.29) is 6.03 Å². The first-order chi connectivity index (χ1) is 13.8. The number of para-hydroxylation sites is 2. The summed E-state index contributed by atoms with van der Waals surface area (Å²) in [4.78, 5) is 21.3. The van der Waals surface area contributed by atoms with Crippen LogP contribution in [0.1, 0.15) is 0 Å². The van der Waals surface area contributed by atoms with Gasteiger partial charge in [-0.2, -0.15) is 0 Å². The van der Waals surface area contributed by atoms with E-state index in [0.717, 1.165) is 37.7 Å². The zero-order valence-electron chi connectivity index (χ0n) is 15.6. The Morgan fingerprint density at radius 3 is 1.96 bits per heavy atom. The second-order valence-corrected chi connectivity index (χ2v) is 6.66. The van der Waals surface area contributed by atoms with Crippen molar-refractivity contribution in [3.63, 3.8) is 0 Å². The molecular formula is C22H23N5O.